The SMILES string of the molecule is COc1ccc(/C=N\N2CCN(c3ccccn3)CC2)c(OC)c1OC. The third-order valence-electron chi connectivity index (χ3n) is 4.32. The molecule has 1 aliphatic rings. The van der Waals surface area contributed by atoms with Gasteiger partial charge in [0.15, 0.2) is 11.5 Å². The number of anilines is 1. The number of nitrogens with zero attached hydrogens (tertiary/aromatic N) is 4. The Balaban J connectivity index is 1.68. The number of pyridine rings is 1. The van der Waals surface area contributed by atoms with Gasteiger partial charge in [-0.3, -0.25) is 5.01 Å². The molecular weight excluding hydrogens is 332 g/mol. The summed E-state index contributed by atoms with van der Waals surface area (Å²) in [6.07, 6.45) is 3.63. The molecule has 7 nitrogen and oxygen atoms in total. The largest absolute Gasteiger partial charge is 0.493 e. The lowest BCUT2D eigenvalue weighted by Crippen LogP contribution is -2.44. The van der Waals surface area contributed by atoms with Crippen molar-refractivity contribution in [1.29, 1.82) is 0 Å². The molecular formula is C19H24N4O3. The van der Waals surface area contributed by atoms with E-state index in [9.17, 15) is 0 Å². The summed E-state index contributed by atoms with van der Waals surface area (Å²) in [5.41, 5.74) is 0.845. The average molecular weight is 356 g/mol. The van der Waals surface area contributed by atoms with E-state index >= 15 is 0 Å². The van der Waals surface area contributed by atoms with E-state index in [0.717, 1.165) is 37.6 Å². The van der Waals surface area contributed by atoms with Gasteiger partial charge < -0.3 is 19.1 Å². The number of rotatable bonds is 6. The predicted octanol–water partition coefficient (Wildman–Crippen LogP) is 2.26. The van der Waals surface area contributed by atoms with Gasteiger partial charge in [-0.1, -0.05) is 6.07 Å². The average Bonchev–Trinajstić information content (AvgIpc) is 2.72. The first kappa shape index (κ1) is 17.8. The highest BCUT2D eigenvalue weighted by molar-refractivity contribution is 5.86. The highest BCUT2D eigenvalue weighted by Gasteiger charge is 2.17. The quantitative estimate of drug-likeness (QED) is 0.740. The summed E-state index contributed by atoms with van der Waals surface area (Å²) in [6.45, 7) is 3.44. The van der Waals surface area contributed by atoms with Crippen molar-refractivity contribution in [2.75, 3.05) is 52.4 Å². The van der Waals surface area contributed by atoms with Crippen LogP contribution >= 0.6 is 0 Å². The zero-order valence-corrected chi connectivity index (χ0v) is 15.4. The second kappa shape index (κ2) is 8.42. The van der Waals surface area contributed by atoms with Crippen LogP contribution in [0.5, 0.6) is 17.2 Å². The van der Waals surface area contributed by atoms with Gasteiger partial charge in [0.05, 0.1) is 40.6 Å². The topological polar surface area (TPSA) is 59.4 Å². The molecule has 0 aliphatic carbocycles. The van der Waals surface area contributed by atoms with Crippen molar-refractivity contribution in [2.45, 2.75) is 0 Å². The molecule has 7 heteroatoms. The Hall–Kier alpha value is -2.96. The first-order valence-corrected chi connectivity index (χ1v) is 8.50. The zero-order valence-electron chi connectivity index (χ0n) is 15.4. The number of methoxy groups -OCH3 is 3. The fraction of sp³-hybridized carbons (Fsp3) is 0.368. The molecule has 1 saturated heterocycles. The molecule has 0 saturated carbocycles. The van der Waals surface area contributed by atoms with Crippen LogP contribution in [0.4, 0.5) is 5.82 Å². The fourth-order valence-electron chi connectivity index (χ4n) is 2.95. The van der Waals surface area contributed by atoms with Crippen LogP contribution in [-0.4, -0.2) is 63.7 Å². The van der Waals surface area contributed by atoms with E-state index in [2.05, 4.69) is 20.0 Å². The Morgan fingerprint density at radius 3 is 2.31 bits per heavy atom. The van der Waals surface area contributed by atoms with Crippen LogP contribution in [0.1, 0.15) is 5.56 Å². The number of hydrazone groups is 1. The molecule has 0 bridgehead atoms. The van der Waals surface area contributed by atoms with E-state index in [4.69, 9.17) is 14.2 Å². The Bertz CT molecular complexity index is 744. The maximum Gasteiger partial charge on any atom is 0.203 e. The lowest BCUT2D eigenvalue weighted by Gasteiger charge is -2.33. The van der Waals surface area contributed by atoms with Crippen LogP contribution in [0, 0.1) is 0 Å². The Kier molecular flexibility index (Phi) is 5.78. The lowest BCUT2D eigenvalue weighted by molar-refractivity contribution is 0.271. The molecule has 1 aliphatic heterocycles. The van der Waals surface area contributed by atoms with Crippen molar-refractivity contribution in [3.8, 4) is 17.2 Å². The maximum absolute atomic E-state index is 5.49. The summed E-state index contributed by atoms with van der Waals surface area (Å²) >= 11 is 0. The molecule has 0 unspecified atom stereocenters. The van der Waals surface area contributed by atoms with Crippen LogP contribution in [0.15, 0.2) is 41.6 Å². The fourth-order valence-corrected chi connectivity index (χ4v) is 2.95. The van der Waals surface area contributed by atoms with Crippen LogP contribution in [-0.2, 0) is 0 Å². The van der Waals surface area contributed by atoms with Gasteiger partial charge >= 0.3 is 0 Å². The highest BCUT2D eigenvalue weighted by Crippen LogP contribution is 2.39. The van der Waals surface area contributed by atoms with Crippen LogP contribution in [0.25, 0.3) is 0 Å². The molecule has 0 atom stereocenters. The normalized spacial score (nSPS) is 14.6. The van der Waals surface area contributed by atoms with Gasteiger partial charge in [-0.2, -0.15) is 5.10 Å². The molecule has 0 N–H and O–H groups in total. The first-order valence-electron chi connectivity index (χ1n) is 8.50. The highest BCUT2D eigenvalue weighted by atomic mass is 16.5. The molecule has 26 heavy (non-hydrogen) atoms. The van der Waals surface area contributed by atoms with Gasteiger partial charge in [-0.25, -0.2) is 4.98 Å². The van der Waals surface area contributed by atoms with Gasteiger partial charge in [-0.15, -0.1) is 0 Å². The summed E-state index contributed by atoms with van der Waals surface area (Å²) in [6, 6.07) is 9.74. The molecule has 1 aromatic carbocycles. The van der Waals surface area contributed by atoms with E-state index in [1.54, 1.807) is 27.5 Å². The smallest absolute Gasteiger partial charge is 0.203 e. The Labute approximate surface area is 153 Å². The van der Waals surface area contributed by atoms with Gasteiger partial charge in [0, 0.05) is 24.8 Å². The number of benzene rings is 1. The van der Waals surface area contributed by atoms with E-state index in [1.165, 1.54) is 0 Å². The van der Waals surface area contributed by atoms with Crippen molar-refractivity contribution in [1.82, 2.24) is 9.99 Å². The summed E-state index contributed by atoms with van der Waals surface area (Å²) in [7, 11) is 4.81. The molecule has 0 amide bonds. The third kappa shape index (κ3) is 3.82. The molecule has 138 valence electrons. The van der Waals surface area contributed by atoms with Crippen molar-refractivity contribution in [3.63, 3.8) is 0 Å². The molecule has 2 aromatic rings. The summed E-state index contributed by atoms with van der Waals surface area (Å²) in [4.78, 5) is 6.67. The van der Waals surface area contributed by atoms with E-state index < -0.39 is 0 Å². The van der Waals surface area contributed by atoms with Crippen molar-refractivity contribution >= 4 is 12.0 Å². The van der Waals surface area contributed by atoms with Crippen molar-refractivity contribution in [3.05, 3.63) is 42.1 Å². The van der Waals surface area contributed by atoms with E-state index in [0.29, 0.717) is 17.2 Å². The minimum Gasteiger partial charge on any atom is -0.493 e. The third-order valence-corrected chi connectivity index (χ3v) is 4.32. The van der Waals surface area contributed by atoms with Crippen LogP contribution < -0.4 is 19.1 Å². The minimum atomic E-state index is 0.568. The molecule has 1 aromatic heterocycles. The summed E-state index contributed by atoms with van der Waals surface area (Å²) in [5.74, 6) is 2.82. The van der Waals surface area contributed by atoms with Crippen molar-refractivity contribution < 1.29 is 14.2 Å². The monoisotopic (exact) mass is 356 g/mol. The predicted molar refractivity (Wildman–Crippen MR) is 102 cm³/mol. The van der Waals surface area contributed by atoms with Crippen LogP contribution in [0.3, 0.4) is 0 Å². The maximum atomic E-state index is 5.49. The van der Waals surface area contributed by atoms with E-state index in [-0.39, 0.29) is 0 Å². The minimum absolute atomic E-state index is 0.568. The van der Waals surface area contributed by atoms with Gasteiger partial charge in [0.2, 0.25) is 5.75 Å². The molecule has 2 heterocycles. The van der Waals surface area contributed by atoms with Crippen LogP contribution in [0.2, 0.25) is 0 Å². The number of aromatic nitrogens is 1. The number of ether oxygens (including phenoxy) is 3. The summed E-state index contributed by atoms with van der Waals surface area (Å²) < 4.78 is 16.2. The molecule has 1 fully saturated rings. The lowest BCUT2D eigenvalue weighted by atomic mass is 10.2. The standard InChI is InChI=1S/C19H24N4O3/c1-24-16-8-7-15(18(25-2)19(16)26-3)14-21-23-12-10-22(11-13-23)17-6-4-5-9-20-17/h4-9,14H,10-13H2,1-3H3/b21-14-. The number of hydrogen-bond acceptors (Lipinski definition) is 7. The zero-order chi connectivity index (χ0) is 18.4. The second-order valence-corrected chi connectivity index (χ2v) is 5.80. The molecule has 0 spiro atoms. The Morgan fingerprint density at radius 1 is 0.923 bits per heavy atom. The van der Waals surface area contributed by atoms with Gasteiger partial charge in [-0.05, 0) is 24.3 Å². The molecule has 3 rings (SSSR count). The molecule has 0 radical (unpaired) electrons. The number of piperazine rings is 1. The van der Waals surface area contributed by atoms with Gasteiger partial charge in [0.25, 0.3) is 0 Å². The second-order valence-electron chi connectivity index (χ2n) is 5.80. The van der Waals surface area contributed by atoms with Gasteiger partial charge in [0.1, 0.15) is 5.82 Å². The Morgan fingerprint density at radius 2 is 1.69 bits per heavy atom. The first-order chi connectivity index (χ1) is 12.8. The number of hydrogen-bond donors (Lipinski definition) is 0. The van der Waals surface area contributed by atoms with Crippen molar-refractivity contribution in [2.24, 2.45) is 5.10 Å². The van der Waals surface area contributed by atoms with E-state index in [1.807, 2.05) is 36.5 Å². The summed E-state index contributed by atoms with van der Waals surface area (Å²) in [5, 5.41) is 6.66.